The molecule has 0 fully saturated rings. The van der Waals surface area contributed by atoms with Crippen molar-refractivity contribution in [3.8, 4) is 23.1 Å². The van der Waals surface area contributed by atoms with E-state index in [1.807, 2.05) is 60.7 Å². The fourth-order valence-electron chi connectivity index (χ4n) is 3.52. The van der Waals surface area contributed by atoms with E-state index in [4.69, 9.17) is 14.2 Å². The Bertz CT molecular complexity index is 986. The first-order valence-electron chi connectivity index (χ1n) is 9.89. The first-order chi connectivity index (χ1) is 14.2. The van der Waals surface area contributed by atoms with Crippen LogP contribution in [-0.4, -0.2) is 11.8 Å². The summed E-state index contributed by atoms with van der Waals surface area (Å²) in [6.45, 7) is 6.58. The molecule has 0 radical (unpaired) electrons. The molecular formula is C25H25NO3. The van der Waals surface area contributed by atoms with Crippen molar-refractivity contribution in [1.29, 1.82) is 0 Å². The molecule has 29 heavy (non-hydrogen) atoms. The number of fused-ring (bicyclic) bond motifs is 1. The summed E-state index contributed by atoms with van der Waals surface area (Å²) in [6.07, 6.45) is 4.84. The average Bonchev–Trinajstić information content (AvgIpc) is 3.22. The summed E-state index contributed by atoms with van der Waals surface area (Å²) in [5, 5.41) is 0. The third-order valence-electron chi connectivity index (χ3n) is 5.36. The van der Waals surface area contributed by atoms with Crippen LogP contribution in [0.2, 0.25) is 0 Å². The summed E-state index contributed by atoms with van der Waals surface area (Å²) in [5.41, 5.74) is 2.07. The van der Waals surface area contributed by atoms with Crippen LogP contribution >= 0.6 is 0 Å². The lowest BCUT2D eigenvalue weighted by Gasteiger charge is -2.26. The van der Waals surface area contributed by atoms with Crippen molar-refractivity contribution in [3.63, 3.8) is 0 Å². The van der Waals surface area contributed by atoms with Crippen LogP contribution in [0.5, 0.6) is 23.1 Å². The maximum absolute atomic E-state index is 5.85. The Morgan fingerprint density at radius 1 is 1.03 bits per heavy atom. The molecule has 1 atom stereocenters. The molecule has 2 heterocycles. The quantitative estimate of drug-likeness (QED) is 0.440. The molecule has 0 aliphatic carbocycles. The number of hydrogen-bond donors (Lipinski definition) is 0. The van der Waals surface area contributed by atoms with Crippen molar-refractivity contribution in [2.24, 2.45) is 0 Å². The molecule has 2 aromatic carbocycles. The lowest BCUT2D eigenvalue weighted by atomic mass is 9.78. The van der Waals surface area contributed by atoms with Gasteiger partial charge in [-0.1, -0.05) is 43.3 Å². The molecule has 4 rings (SSSR count). The molecule has 1 aromatic heterocycles. The Morgan fingerprint density at radius 3 is 2.69 bits per heavy atom. The number of benzene rings is 2. The summed E-state index contributed by atoms with van der Waals surface area (Å²) in [7, 11) is 0. The second kappa shape index (κ2) is 8.39. The Morgan fingerprint density at radius 2 is 1.86 bits per heavy atom. The summed E-state index contributed by atoms with van der Waals surface area (Å²) >= 11 is 0. The van der Waals surface area contributed by atoms with Gasteiger partial charge in [0.05, 0.1) is 0 Å². The van der Waals surface area contributed by atoms with E-state index in [1.165, 1.54) is 5.56 Å². The van der Waals surface area contributed by atoms with Crippen LogP contribution in [0.3, 0.4) is 0 Å². The summed E-state index contributed by atoms with van der Waals surface area (Å²) < 4.78 is 16.8. The molecule has 0 saturated heterocycles. The van der Waals surface area contributed by atoms with Gasteiger partial charge in [0.2, 0.25) is 12.7 Å². The highest BCUT2D eigenvalue weighted by Gasteiger charge is 2.25. The minimum atomic E-state index is -0.140. The van der Waals surface area contributed by atoms with Crippen LogP contribution < -0.4 is 14.2 Å². The van der Waals surface area contributed by atoms with E-state index in [2.05, 4.69) is 30.6 Å². The molecular weight excluding hydrogens is 362 g/mol. The number of ether oxygens (including phenoxy) is 3. The third-order valence-corrected chi connectivity index (χ3v) is 5.36. The monoisotopic (exact) mass is 387 g/mol. The SMILES string of the molecule is C=CC(C)(CCCc1cccc(Oc2ccccc2)n1)c1ccc2c(c1)OCO2. The fourth-order valence-corrected chi connectivity index (χ4v) is 3.52. The number of hydrogen-bond acceptors (Lipinski definition) is 4. The molecule has 0 spiro atoms. The number of allylic oxidation sites excluding steroid dienone is 1. The topological polar surface area (TPSA) is 40.6 Å². The maximum atomic E-state index is 5.85. The molecule has 0 N–H and O–H groups in total. The zero-order valence-electron chi connectivity index (χ0n) is 16.6. The molecule has 1 unspecified atom stereocenters. The van der Waals surface area contributed by atoms with Crippen LogP contribution in [0.25, 0.3) is 0 Å². The van der Waals surface area contributed by atoms with Crippen LogP contribution in [0.1, 0.15) is 31.0 Å². The van der Waals surface area contributed by atoms with Gasteiger partial charge in [-0.15, -0.1) is 6.58 Å². The maximum Gasteiger partial charge on any atom is 0.231 e. The Balaban J connectivity index is 1.39. The number of aryl methyl sites for hydroxylation is 1. The lowest BCUT2D eigenvalue weighted by Crippen LogP contribution is -2.19. The summed E-state index contributed by atoms with van der Waals surface area (Å²) in [4.78, 5) is 4.65. The van der Waals surface area contributed by atoms with Gasteiger partial charge in [0, 0.05) is 17.2 Å². The van der Waals surface area contributed by atoms with E-state index in [0.29, 0.717) is 5.88 Å². The summed E-state index contributed by atoms with van der Waals surface area (Å²) in [6, 6.07) is 21.8. The fraction of sp³-hybridized carbons (Fsp3) is 0.240. The molecule has 0 bridgehead atoms. The number of para-hydroxylation sites is 1. The largest absolute Gasteiger partial charge is 0.454 e. The number of aromatic nitrogens is 1. The molecule has 4 nitrogen and oxygen atoms in total. The van der Waals surface area contributed by atoms with Crippen molar-refractivity contribution >= 4 is 0 Å². The van der Waals surface area contributed by atoms with Gasteiger partial charge in [-0.25, -0.2) is 4.98 Å². The minimum Gasteiger partial charge on any atom is -0.454 e. The van der Waals surface area contributed by atoms with Gasteiger partial charge in [-0.2, -0.15) is 0 Å². The Hall–Kier alpha value is -3.27. The zero-order valence-corrected chi connectivity index (χ0v) is 16.6. The van der Waals surface area contributed by atoms with E-state index >= 15 is 0 Å². The van der Waals surface area contributed by atoms with Crippen LogP contribution in [0.4, 0.5) is 0 Å². The molecule has 1 aliphatic heterocycles. The van der Waals surface area contributed by atoms with E-state index in [1.54, 1.807) is 0 Å². The average molecular weight is 387 g/mol. The highest BCUT2D eigenvalue weighted by Crippen LogP contribution is 2.39. The highest BCUT2D eigenvalue weighted by molar-refractivity contribution is 5.47. The molecule has 0 amide bonds. The van der Waals surface area contributed by atoms with Crippen molar-refractivity contribution in [2.75, 3.05) is 6.79 Å². The third kappa shape index (κ3) is 4.43. The normalized spacial score (nSPS) is 14.2. The second-order valence-corrected chi connectivity index (χ2v) is 7.43. The van der Waals surface area contributed by atoms with Crippen LogP contribution in [-0.2, 0) is 11.8 Å². The highest BCUT2D eigenvalue weighted by atomic mass is 16.7. The van der Waals surface area contributed by atoms with Gasteiger partial charge in [-0.05, 0) is 55.2 Å². The van der Waals surface area contributed by atoms with Gasteiger partial charge >= 0.3 is 0 Å². The predicted octanol–water partition coefficient (Wildman–Crippen LogP) is 6.07. The van der Waals surface area contributed by atoms with Gasteiger partial charge in [0.1, 0.15) is 5.75 Å². The van der Waals surface area contributed by atoms with Gasteiger partial charge < -0.3 is 14.2 Å². The molecule has 3 aromatic rings. The second-order valence-electron chi connectivity index (χ2n) is 7.43. The van der Waals surface area contributed by atoms with Crippen molar-refractivity contribution in [2.45, 2.75) is 31.6 Å². The standard InChI is InChI=1S/C25H25NO3/c1-3-25(2,19-14-15-22-23(17-19)28-18-27-22)16-8-10-20-9-7-13-24(26-20)29-21-11-5-4-6-12-21/h3-7,9,11-15,17H,1,8,10,16,18H2,2H3. The van der Waals surface area contributed by atoms with E-state index < -0.39 is 0 Å². The molecule has 1 aliphatic rings. The van der Waals surface area contributed by atoms with Crippen LogP contribution in [0.15, 0.2) is 79.4 Å². The smallest absolute Gasteiger partial charge is 0.231 e. The van der Waals surface area contributed by atoms with Crippen molar-refractivity contribution in [1.82, 2.24) is 4.98 Å². The van der Waals surface area contributed by atoms with Gasteiger partial charge in [-0.3, -0.25) is 0 Å². The molecule has 148 valence electrons. The Kier molecular flexibility index (Phi) is 5.52. The molecule has 4 heteroatoms. The summed E-state index contributed by atoms with van der Waals surface area (Å²) in [5.74, 6) is 3.03. The molecule has 0 saturated carbocycles. The Labute approximate surface area is 171 Å². The number of nitrogens with zero attached hydrogens (tertiary/aromatic N) is 1. The van der Waals surface area contributed by atoms with E-state index in [9.17, 15) is 0 Å². The van der Waals surface area contributed by atoms with Crippen molar-refractivity contribution in [3.05, 3.63) is 90.6 Å². The van der Waals surface area contributed by atoms with Gasteiger partial charge in [0.25, 0.3) is 0 Å². The van der Waals surface area contributed by atoms with Crippen LogP contribution in [0, 0.1) is 0 Å². The first kappa shape index (κ1) is 19.1. The lowest BCUT2D eigenvalue weighted by molar-refractivity contribution is 0.174. The minimum absolute atomic E-state index is 0.140. The van der Waals surface area contributed by atoms with E-state index in [0.717, 1.165) is 42.2 Å². The first-order valence-corrected chi connectivity index (χ1v) is 9.89. The van der Waals surface area contributed by atoms with Gasteiger partial charge in [0.15, 0.2) is 11.5 Å². The predicted molar refractivity (Wildman–Crippen MR) is 114 cm³/mol. The number of rotatable bonds is 8. The van der Waals surface area contributed by atoms with E-state index in [-0.39, 0.29) is 12.2 Å². The van der Waals surface area contributed by atoms with Crippen molar-refractivity contribution < 1.29 is 14.2 Å². The zero-order chi connectivity index (χ0) is 20.1. The number of pyridine rings is 1.